The van der Waals surface area contributed by atoms with Gasteiger partial charge in [0.15, 0.2) is 5.78 Å². The second-order valence-corrected chi connectivity index (χ2v) is 8.93. The van der Waals surface area contributed by atoms with Crippen molar-refractivity contribution < 1.29 is 27.5 Å². The van der Waals surface area contributed by atoms with Gasteiger partial charge in [0.1, 0.15) is 5.75 Å². The summed E-state index contributed by atoms with van der Waals surface area (Å²) >= 11 is 3.58. The van der Waals surface area contributed by atoms with E-state index in [1.165, 1.54) is 18.2 Å². The minimum Gasteiger partial charge on any atom is -0.406 e. The number of amides is 1. The maximum absolute atomic E-state index is 12.7. The van der Waals surface area contributed by atoms with Crippen molar-refractivity contribution in [3.8, 4) is 5.75 Å². The van der Waals surface area contributed by atoms with Crippen LogP contribution in [-0.4, -0.2) is 36.0 Å². The van der Waals surface area contributed by atoms with Crippen molar-refractivity contribution in [2.45, 2.75) is 43.9 Å². The Morgan fingerprint density at radius 2 is 1.81 bits per heavy atom. The first-order valence-electron chi connectivity index (χ1n) is 10.1. The molecular weight excluding hydrogens is 475 g/mol. The number of hydrogen-bond acceptors (Lipinski definition) is 3. The van der Waals surface area contributed by atoms with Gasteiger partial charge in [-0.3, -0.25) is 9.59 Å². The van der Waals surface area contributed by atoms with E-state index >= 15 is 0 Å². The number of ketones is 1. The van der Waals surface area contributed by atoms with E-state index in [9.17, 15) is 22.8 Å². The highest BCUT2D eigenvalue weighted by Crippen LogP contribution is 2.49. The molecule has 1 aliphatic heterocycles. The number of para-hydroxylation sites is 1. The van der Waals surface area contributed by atoms with Crippen LogP contribution < -0.4 is 4.74 Å². The second kappa shape index (κ2) is 8.30. The molecule has 1 amide bonds. The summed E-state index contributed by atoms with van der Waals surface area (Å²) < 4.78 is 42.8. The lowest BCUT2D eigenvalue weighted by atomic mass is 9.73. The number of Topliss-reactive ketones (excluding diaryl/α,β-unsaturated/α-hetero) is 1. The van der Waals surface area contributed by atoms with E-state index in [1.807, 2.05) is 18.2 Å². The SMILES string of the molecule is O=C1CC2(CCN(C(=O)CCc3ccccc3OC(F)(F)F)CC2)c2c(Br)cccc21. The van der Waals surface area contributed by atoms with Crippen molar-refractivity contribution in [3.05, 3.63) is 63.6 Å². The van der Waals surface area contributed by atoms with Crippen LogP contribution in [0.25, 0.3) is 0 Å². The summed E-state index contributed by atoms with van der Waals surface area (Å²) in [4.78, 5) is 27.0. The Hall–Kier alpha value is -2.35. The third-order valence-electron chi connectivity index (χ3n) is 6.22. The van der Waals surface area contributed by atoms with Crippen molar-refractivity contribution in [3.63, 3.8) is 0 Å². The van der Waals surface area contributed by atoms with Crippen molar-refractivity contribution in [2.24, 2.45) is 0 Å². The molecule has 1 spiro atoms. The van der Waals surface area contributed by atoms with Crippen LogP contribution in [0.1, 0.15) is 47.2 Å². The largest absolute Gasteiger partial charge is 0.573 e. The average molecular weight is 496 g/mol. The smallest absolute Gasteiger partial charge is 0.406 e. The predicted molar refractivity (Wildman–Crippen MR) is 112 cm³/mol. The van der Waals surface area contributed by atoms with Gasteiger partial charge in [-0.15, -0.1) is 13.2 Å². The van der Waals surface area contributed by atoms with Crippen LogP contribution >= 0.6 is 15.9 Å². The van der Waals surface area contributed by atoms with E-state index < -0.39 is 6.36 Å². The van der Waals surface area contributed by atoms with Crippen LogP contribution in [0, 0.1) is 0 Å². The summed E-state index contributed by atoms with van der Waals surface area (Å²) in [5.74, 6) is -0.239. The molecule has 0 saturated carbocycles. The van der Waals surface area contributed by atoms with E-state index in [2.05, 4.69) is 20.7 Å². The molecule has 1 heterocycles. The number of piperidine rings is 1. The average Bonchev–Trinajstić information content (AvgIpc) is 2.99. The van der Waals surface area contributed by atoms with Gasteiger partial charge in [0.05, 0.1) is 0 Å². The van der Waals surface area contributed by atoms with Crippen LogP contribution in [0.15, 0.2) is 46.9 Å². The Morgan fingerprint density at radius 3 is 2.52 bits per heavy atom. The molecule has 8 heteroatoms. The van der Waals surface area contributed by atoms with Gasteiger partial charge in [-0.1, -0.05) is 46.3 Å². The minimum absolute atomic E-state index is 0.102. The number of ether oxygens (including phenoxy) is 1. The number of likely N-dealkylation sites (tertiary alicyclic amines) is 1. The van der Waals surface area contributed by atoms with Crippen molar-refractivity contribution in [1.29, 1.82) is 0 Å². The number of nitrogens with zero attached hydrogens (tertiary/aromatic N) is 1. The zero-order chi connectivity index (χ0) is 22.2. The molecule has 0 bridgehead atoms. The van der Waals surface area contributed by atoms with Gasteiger partial charge in [-0.05, 0) is 42.5 Å². The molecule has 0 aromatic heterocycles. The molecule has 2 aliphatic rings. The number of alkyl halides is 3. The van der Waals surface area contributed by atoms with Gasteiger partial charge in [0, 0.05) is 41.4 Å². The molecule has 2 aromatic carbocycles. The number of aryl methyl sites for hydroxylation is 1. The first-order valence-corrected chi connectivity index (χ1v) is 10.9. The fraction of sp³-hybridized carbons (Fsp3) is 0.391. The standard InChI is InChI=1S/C23H21BrF3NO3/c24-17-6-3-5-16-18(29)14-22(21(16)17)10-12-28(13-11-22)20(30)9-8-15-4-1-2-7-19(15)31-23(25,26)27/h1-7H,8-14H2. The first kappa shape index (κ1) is 21.9. The second-order valence-electron chi connectivity index (χ2n) is 8.08. The molecular formula is C23H21BrF3NO3. The van der Waals surface area contributed by atoms with Crippen molar-refractivity contribution in [1.82, 2.24) is 4.90 Å². The lowest BCUT2D eigenvalue weighted by molar-refractivity contribution is -0.274. The molecule has 31 heavy (non-hydrogen) atoms. The lowest BCUT2D eigenvalue weighted by Crippen LogP contribution is -2.44. The van der Waals surface area contributed by atoms with E-state index in [4.69, 9.17) is 0 Å². The minimum atomic E-state index is -4.77. The van der Waals surface area contributed by atoms with Gasteiger partial charge < -0.3 is 9.64 Å². The number of benzene rings is 2. The van der Waals surface area contributed by atoms with Gasteiger partial charge in [0.2, 0.25) is 5.91 Å². The van der Waals surface area contributed by atoms with E-state index in [1.54, 1.807) is 11.0 Å². The first-order chi connectivity index (χ1) is 14.7. The zero-order valence-electron chi connectivity index (χ0n) is 16.7. The zero-order valence-corrected chi connectivity index (χ0v) is 18.3. The van der Waals surface area contributed by atoms with Crippen LogP contribution in [0.5, 0.6) is 5.75 Å². The fourth-order valence-electron chi connectivity index (χ4n) is 4.73. The van der Waals surface area contributed by atoms with Crippen LogP contribution in [0.4, 0.5) is 13.2 Å². The summed E-state index contributed by atoms with van der Waals surface area (Å²) in [5, 5.41) is 0. The monoisotopic (exact) mass is 495 g/mol. The van der Waals surface area contributed by atoms with Gasteiger partial charge in [0.25, 0.3) is 0 Å². The van der Waals surface area contributed by atoms with Crippen LogP contribution in [0.3, 0.4) is 0 Å². The number of fused-ring (bicyclic) bond motifs is 2. The van der Waals surface area contributed by atoms with E-state index in [0.29, 0.717) is 37.9 Å². The van der Waals surface area contributed by atoms with Crippen molar-refractivity contribution >= 4 is 27.6 Å². The molecule has 1 aliphatic carbocycles. The highest BCUT2D eigenvalue weighted by molar-refractivity contribution is 9.10. The molecule has 4 nitrogen and oxygen atoms in total. The Bertz CT molecular complexity index is 1010. The number of rotatable bonds is 4. The van der Waals surface area contributed by atoms with Gasteiger partial charge in [-0.2, -0.15) is 0 Å². The Balaban J connectivity index is 1.39. The molecule has 0 unspecified atom stereocenters. The molecule has 164 valence electrons. The highest BCUT2D eigenvalue weighted by Gasteiger charge is 2.46. The maximum atomic E-state index is 12.7. The van der Waals surface area contributed by atoms with Crippen molar-refractivity contribution in [2.75, 3.05) is 13.1 Å². The third kappa shape index (κ3) is 4.49. The van der Waals surface area contributed by atoms with Crippen LogP contribution in [0.2, 0.25) is 0 Å². The summed E-state index contributed by atoms with van der Waals surface area (Å²) in [6, 6.07) is 11.5. The summed E-state index contributed by atoms with van der Waals surface area (Å²) in [6.45, 7) is 1.04. The third-order valence-corrected chi connectivity index (χ3v) is 6.88. The molecule has 1 fully saturated rings. The molecule has 4 rings (SSSR count). The Morgan fingerprint density at radius 1 is 1.10 bits per heavy atom. The maximum Gasteiger partial charge on any atom is 0.573 e. The van der Waals surface area contributed by atoms with E-state index in [-0.39, 0.29) is 35.7 Å². The molecule has 0 atom stereocenters. The normalized spacial score (nSPS) is 17.7. The topological polar surface area (TPSA) is 46.6 Å². The Labute approximate surface area is 186 Å². The molecule has 0 radical (unpaired) electrons. The lowest BCUT2D eigenvalue weighted by Gasteiger charge is -2.40. The summed E-state index contributed by atoms with van der Waals surface area (Å²) in [7, 11) is 0. The quantitative estimate of drug-likeness (QED) is 0.568. The predicted octanol–water partition coefficient (Wildman–Crippen LogP) is 5.43. The fourth-order valence-corrected chi connectivity index (χ4v) is 5.52. The number of carbonyl (C=O) groups excluding carboxylic acids is 2. The van der Waals surface area contributed by atoms with Gasteiger partial charge >= 0.3 is 6.36 Å². The Kier molecular flexibility index (Phi) is 5.85. The molecule has 1 saturated heterocycles. The number of hydrogen-bond donors (Lipinski definition) is 0. The summed E-state index contributed by atoms with van der Waals surface area (Å²) in [6.07, 6.45) is -2.68. The number of carbonyl (C=O) groups is 2. The highest BCUT2D eigenvalue weighted by atomic mass is 79.9. The number of halogens is 4. The van der Waals surface area contributed by atoms with E-state index in [0.717, 1.165) is 15.6 Å². The van der Waals surface area contributed by atoms with Gasteiger partial charge in [-0.25, -0.2) is 0 Å². The molecule has 0 N–H and O–H groups in total. The molecule has 2 aromatic rings. The summed E-state index contributed by atoms with van der Waals surface area (Å²) in [5.41, 5.74) is 1.90. The van der Waals surface area contributed by atoms with Crippen LogP contribution in [-0.2, 0) is 16.6 Å².